The number of pyridine rings is 1. The molecule has 3 nitrogen and oxygen atoms in total. The van der Waals surface area contributed by atoms with Crippen LogP contribution in [-0.4, -0.2) is 26.1 Å². The Morgan fingerprint density at radius 1 is 1.16 bits per heavy atom. The van der Waals surface area contributed by atoms with Gasteiger partial charge in [0, 0.05) is 38.2 Å². The maximum Gasteiger partial charge on any atom is 0.0364 e. The van der Waals surface area contributed by atoms with Gasteiger partial charge < -0.3 is 10.2 Å². The molecular weight excluding hydrogens is 234 g/mol. The molecule has 0 bridgehead atoms. The molecule has 19 heavy (non-hydrogen) atoms. The Morgan fingerprint density at radius 3 is 2.53 bits per heavy atom. The van der Waals surface area contributed by atoms with Gasteiger partial charge in [-0.1, -0.05) is 12.1 Å². The first-order valence-corrected chi connectivity index (χ1v) is 6.54. The first kappa shape index (κ1) is 13.6. The van der Waals surface area contributed by atoms with Gasteiger partial charge in [0.2, 0.25) is 0 Å². The lowest BCUT2D eigenvalue weighted by Crippen LogP contribution is -2.19. The third-order valence-electron chi connectivity index (χ3n) is 3.33. The summed E-state index contributed by atoms with van der Waals surface area (Å²) in [5.74, 6) is 0. The summed E-state index contributed by atoms with van der Waals surface area (Å²) in [5.41, 5.74) is 3.84. The molecule has 1 atom stereocenters. The zero-order valence-corrected chi connectivity index (χ0v) is 11.8. The Labute approximate surface area is 115 Å². The number of hydrogen-bond donors (Lipinski definition) is 1. The van der Waals surface area contributed by atoms with E-state index in [-0.39, 0.29) is 0 Å². The van der Waals surface area contributed by atoms with Crippen LogP contribution in [0.1, 0.15) is 17.2 Å². The van der Waals surface area contributed by atoms with Crippen LogP contribution in [-0.2, 0) is 6.42 Å². The summed E-state index contributed by atoms with van der Waals surface area (Å²) in [6, 6.07) is 13.1. The minimum absolute atomic E-state index is 0.322. The molecule has 0 saturated carbocycles. The number of anilines is 1. The van der Waals surface area contributed by atoms with E-state index in [0.717, 1.165) is 6.42 Å². The van der Waals surface area contributed by atoms with Crippen molar-refractivity contribution in [2.24, 2.45) is 0 Å². The molecule has 2 aromatic rings. The summed E-state index contributed by atoms with van der Waals surface area (Å²) in [5, 5.41) is 3.39. The van der Waals surface area contributed by atoms with Crippen LogP contribution in [0, 0.1) is 0 Å². The van der Waals surface area contributed by atoms with Crippen LogP contribution in [0.15, 0.2) is 48.8 Å². The van der Waals surface area contributed by atoms with Gasteiger partial charge in [0.1, 0.15) is 0 Å². The fraction of sp³-hybridized carbons (Fsp3) is 0.312. The molecule has 0 amide bonds. The smallest absolute Gasteiger partial charge is 0.0364 e. The fourth-order valence-corrected chi connectivity index (χ4v) is 2.16. The minimum Gasteiger partial charge on any atom is -0.378 e. The van der Waals surface area contributed by atoms with Crippen LogP contribution in [0.2, 0.25) is 0 Å². The normalized spacial score (nSPS) is 12.2. The highest BCUT2D eigenvalue weighted by atomic mass is 15.1. The zero-order valence-electron chi connectivity index (χ0n) is 11.8. The van der Waals surface area contributed by atoms with E-state index in [4.69, 9.17) is 0 Å². The average molecular weight is 255 g/mol. The van der Waals surface area contributed by atoms with E-state index in [2.05, 4.69) is 65.7 Å². The molecule has 3 heteroatoms. The van der Waals surface area contributed by atoms with Crippen molar-refractivity contribution in [2.75, 3.05) is 26.0 Å². The van der Waals surface area contributed by atoms with Crippen LogP contribution >= 0.6 is 0 Å². The number of nitrogens with zero attached hydrogens (tertiary/aromatic N) is 2. The highest BCUT2D eigenvalue weighted by Crippen LogP contribution is 2.22. The van der Waals surface area contributed by atoms with Crippen LogP contribution in [0.25, 0.3) is 0 Å². The summed E-state index contributed by atoms with van der Waals surface area (Å²) in [4.78, 5) is 6.19. The third kappa shape index (κ3) is 3.55. The maximum absolute atomic E-state index is 4.06. The van der Waals surface area contributed by atoms with Crippen molar-refractivity contribution in [3.63, 3.8) is 0 Å². The van der Waals surface area contributed by atoms with E-state index in [1.54, 1.807) is 0 Å². The molecule has 1 N–H and O–H groups in total. The van der Waals surface area contributed by atoms with Gasteiger partial charge in [0.15, 0.2) is 0 Å². The third-order valence-corrected chi connectivity index (χ3v) is 3.33. The Kier molecular flexibility index (Phi) is 4.53. The predicted molar refractivity (Wildman–Crippen MR) is 80.5 cm³/mol. The molecule has 1 aromatic heterocycles. The monoisotopic (exact) mass is 255 g/mol. The molecule has 0 radical (unpaired) electrons. The molecule has 2 rings (SSSR count). The molecule has 1 unspecified atom stereocenters. The van der Waals surface area contributed by atoms with Crippen molar-refractivity contribution in [1.29, 1.82) is 0 Å². The molecule has 1 aromatic carbocycles. The average Bonchev–Trinajstić information content (AvgIpc) is 2.46. The molecule has 0 aliphatic heterocycles. The van der Waals surface area contributed by atoms with Gasteiger partial charge in [0.05, 0.1) is 0 Å². The Hall–Kier alpha value is -1.87. The second kappa shape index (κ2) is 6.34. The lowest BCUT2D eigenvalue weighted by atomic mass is 9.99. The van der Waals surface area contributed by atoms with Gasteiger partial charge >= 0.3 is 0 Å². The van der Waals surface area contributed by atoms with Gasteiger partial charge in [-0.25, -0.2) is 0 Å². The molecule has 100 valence electrons. The fourth-order valence-electron chi connectivity index (χ4n) is 2.16. The molecule has 0 spiro atoms. The Balaban J connectivity index is 2.20. The first-order valence-electron chi connectivity index (χ1n) is 6.54. The number of hydrogen-bond acceptors (Lipinski definition) is 3. The van der Waals surface area contributed by atoms with Gasteiger partial charge in [0.25, 0.3) is 0 Å². The number of likely N-dealkylation sites (N-methyl/N-ethyl adjacent to an activating group) is 1. The highest BCUT2D eigenvalue weighted by molar-refractivity contribution is 5.48. The molecule has 0 aliphatic carbocycles. The van der Waals surface area contributed by atoms with Gasteiger partial charge in [-0.05, 0) is 48.9 Å². The summed E-state index contributed by atoms with van der Waals surface area (Å²) in [6.07, 6.45) is 4.66. The summed E-state index contributed by atoms with van der Waals surface area (Å²) < 4.78 is 0. The number of nitrogens with one attached hydrogen (secondary N) is 1. The van der Waals surface area contributed by atoms with Gasteiger partial charge in [-0.2, -0.15) is 0 Å². The van der Waals surface area contributed by atoms with E-state index in [1.165, 1.54) is 16.8 Å². The Morgan fingerprint density at radius 2 is 1.89 bits per heavy atom. The zero-order chi connectivity index (χ0) is 13.7. The summed E-state index contributed by atoms with van der Waals surface area (Å²) in [6.45, 7) is 0. The van der Waals surface area contributed by atoms with Crippen molar-refractivity contribution in [2.45, 2.75) is 12.5 Å². The van der Waals surface area contributed by atoms with E-state index < -0.39 is 0 Å². The van der Waals surface area contributed by atoms with Crippen molar-refractivity contribution in [1.82, 2.24) is 10.3 Å². The predicted octanol–water partition coefficient (Wildman–Crippen LogP) is 2.65. The van der Waals surface area contributed by atoms with Crippen molar-refractivity contribution < 1.29 is 0 Å². The summed E-state index contributed by atoms with van der Waals surface area (Å²) >= 11 is 0. The Bertz CT molecular complexity index is 508. The minimum atomic E-state index is 0.322. The van der Waals surface area contributed by atoms with E-state index in [9.17, 15) is 0 Å². The molecular formula is C16H21N3. The second-order valence-corrected chi connectivity index (χ2v) is 4.89. The van der Waals surface area contributed by atoms with Gasteiger partial charge in [-0.15, -0.1) is 0 Å². The lowest BCUT2D eigenvalue weighted by Gasteiger charge is -2.20. The van der Waals surface area contributed by atoms with Crippen LogP contribution in [0.4, 0.5) is 5.69 Å². The SMILES string of the molecule is CNC(Cc1ccncc1)c1cccc(N(C)C)c1. The van der Waals surface area contributed by atoms with Crippen molar-refractivity contribution in [3.8, 4) is 0 Å². The number of aromatic nitrogens is 1. The highest BCUT2D eigenvalue weighted by Gasteiger charge is 2.10. The maximum atomic E-state index is 4.06. The lowest BCUT2D eigenvalue weighted by molar-refractivity contribution is 0.592. The molecule has 0 aliphatic rings. The van der Waals surface area contributed by atoms with Crippen molar-refractivity contribution >= 4 is 5.69 Å². The molecule has 0 fully saturated rings. The van der Waals surface area contributed by atoms with E-state index >= 15 is 0 Å². The van der Waals surface area contributed by atoms with Crippen molar-refractivity contribution in [3.05, 3.63) is 59.9 Å². The van der Waals surface area contributed by atoms with E-state index in [1.807, 2.05) is 19.4 Å². The van der Waals surface area contributed by atoms with E-state index in [0.29, 0.717) is 6.04 Å². The van der Waals surface area contributed by atoms with Gasteiger partial charge in [-0.3, -0.25) is 4.98 Å². The number of benzene rings is 1. The van der Waals surface area contributed by atoms with Crippen LogP contribution in [0.5, 0.6) is 0 Å². The molecule has 1 heterocycles. The number of rotatable bonds is 5. The quantitative estimate of drug-likeness (QED) is 0.890. The van der Waals surface area contributed by atoms with Crippen LogP contribution < -0.4 is 10.2 Å². The topological polar surface area (TPSA) is 28.2 Å². The second-order valence-electron chi connectivity index (χ2n) is 4.89. The largest absolute Gasteiger partial charge is 0.378 e. The standard InChI is InChI=1S/C16H21N3/c1-17-16(11-13-7-9-18-10-8-13)14-5-4-6-15(12-14)19(2)3/h4-10,12,16-17H,11H2,1-3H3. The first-order chi connectivity index (χ1) is 9.20. The summed E-state index contributed by atoms with van der Waals surface area (Å²) in [7, 11) is 6.14. The molecule has 0 saturated heterocycles. The van der Waals surface area contributed by atoms with Crippen LogP contribution in [0.3, 0.4) is 0 Å².